The van der Waals surface area contributed by atoms with Crippen LogP contribution in [-0.4, -0.2) is 32.4 Å². The minimum Gasteiger partial charge on any atom is -0.396 e. The molecule has 0 unspecified atom stereocenters. The summed E-state index contributed by atoms with van der Waals surface area (Å²) in [4.78, 5) is 22.7. The largest absolute Gasteiger partial charge is 0.396 e. The Labute approximate surface area is 133 Å². The maximum absolute atomic E-state index is 13.7. The summed E-state index contributed by atoms with van der Waals surface area (Å²) in [5.74, 6) is 0.122. The van der Waals surface area contributed by atoms with E-state index in [1.54, 1.807) is 18.3 Å². The van der Waals surface area contributed by atoms with E-state index in [0.29, 0.717) is 32.6 Å². The standard InChI is InChI=1S/C16H12FN3O2S/c17-8-1-2-9-11(7-8)12-10(3-4-18-15(12)22)14-13(9)19-16(20-14)23-6-5-21/h1-4,7,21H,5-6H2,(H,18,22)(H,19,20). The molecule has 116 valence electrons. The van der Waals surface area contributed by atoms with Gasteiger partial charge in [-0.3, -0.25) is 4.79 Å². The number of rotatable bonds is 3. The number of benzene rings is 2. The number of nitrogens with zero attached hydrogens (tertiary/aromatic N) is 1. The van der Waals surface area contributed by atoms with E-state index >= 15 is 0 Å². The van der Waals surface area contributed by atoms with Gasteiger partial charge in [0.1, 0.15) is 5.82 Å². The predicted octanol–water partition coefficient (Wildman–Crippen LogP) is 2.78. The van der Waals surface area contributed by atoms with Crippen molar-refractivity contribution in [2.75, 3.05) is 12.4 Å². The molecule has 4 aromatic rings. The highest BCUT2D eigenvalue weighted by molar-refractivity contribution is 7.99. The lowest BCUT2D eigenvalue weighted by atomic mass is 10.0. The quantitative estimate of drug-likeness (QED) is 0.399. The molecular weight excluding hydrogens is 317 g/mol. The van der Waals surface area contributed by atoms with Gasteiger partial charge in [0.25, 0.3) is 5.56 Å². The van der Waals surface area contributed by atoms with Crippen LogP contribution in [0.25, 0.3) is 32.6 Å². The smallest absolute Gasteiger partial charge is 0.256 e. The van der Waals surface area contributed by atoms with Crippen LogP contribution in [0.3, 0.4) is 0 Å². The summed E-state index contributed by atoms with van der Waals surface area (Å²) in [6.45, 7) is 0.0497. The Kier molecular flexibility index (Phi) is 3.32. The lowest BCUT2D eigenvalue weighted by Gasteiger charge is -2.05. The summed E-state index contributed by atoms with van der Waals surface area (Å²) in [7, 11) is 0. The Morgan fingerprint density at radius 3 is 2.91 bits per heavy atom. The van der Waals surface area contributed by atoms with Crippen molar-refractivity contribution < 1.29 is 9.50 Å². The highest BCUT2D eigenvalue weighted by atomic mass is 32.2. The van der Waals surface area contributed by atoms with E-state index in [0.717, 1.165) is 10.9 Å². The van der Waals surface area contributed by atoms with Crippen LogP contribution in [-0.2, 0) is 0 Å². The molecule has 4 rings (SSSR count). The normalized spacial score (nSPS) is 11.7. The van der Waals surface area contributed by atoms with Gasteiger partial charge in [-0.2, -0.15) is 0 Å². The summed E-state index contributed by atoms with van der Waals surface area (Å²) in [6, 6.07) is 6.14. The molecule has 5 nitrogen and oxygen atoms in total. The third-order valence-electron chi connectivity index (χ3n) is 3.75. The van der Waals surface area contributed by atoms with Crippen LogP contribution in [0.4, 0.5) is 4.39 Å². The van der Waals surface area contributed by atoms with Crippen molar-refractivity contribution in [2.24, 2.45) is 0 Å². The third-order valence-corrected chi connectivity index (χ3v) is 4.60. The van der Waals surface area contributed by atoms with Gasteiger partial charge < -0.3 is 15.1 Å². The lowest BCUT2D eigenvalue weighted by Crippen LogP contribution is -2.05. The molecule has 23 heavy (non-hydrogen) atoms. The molecule has 0 aliphatic carbocycles. The average molecular weight is 329 g/mol. The molecule has 2 aromatic carbocycles. The monoisotopic (exact) mass is 329 g/mol. The van der Waals surface area contributed by atoms with Crippen molar-refractivity contribution >= 4 is 44.3 Å². The van der Waals surface area contributed by atoms with E-state index in [9.17, 15) is 9.18 Å². The fourth-order valence-corrected chi connectivity index (χ4v) is 3.45. The minimum atomic E-state index is -0.396. The van der Waals surface area contributed by atoms with Gasteiger partial charge in [0.2, 0.25) is 0 Å². The lowest BCUT2D eigenvalue weighted by molar-refractivity contribution is 0.322. The number of fused-ring (bicyclic) bond motifs is 6. The predicted molar refractivity (Wildman–Crippen MR) is 89.5 cm³/mol. The number of pyridine rings is 1. The molecule has 0 atom stereocenters. The molecule has 0 saturated heterocycles. The number of nitrogens with one attached hydrogen (secondary N) is 2. The molecule has 0 fully saturated rings. The Morgan fingerprint density at radius 1 is 1.22 bits per heavy atom. The zero-order valence-electron chi connectivity index (χ0n) is 11.9. The van der Waals surface area contributed by atoms with Gasteiger partial charge in [-0.25, -0.2) is 9.37 Å². The van der Waals surface area contributed by atoms with Gasteiger partial charge in [0, 0.05) is 28.1 Å². The number of aliphatic hydroxyl groups is 1. The molecule has 0 spiro atoms. The van der Waals surface area contributed by atoms with Crippen LogP contribution in [0.5, 0.6) is 0 Å². The molecule has 3 N–H and O–H groups in total. The zero-order valence-corrected chi connectivity index (χ0v) is 12.7. The van der Waals surface area contributed by atoms with Crippen LogP contribution in [0.15, 0.2) is 40.4 Å². The van der Waals surface area contributed by atoms with Crippen LogP contribution in [0.1, 0.15) is 0 Å². The van der Waals surface area contributed by atoms with Crippen molar-refractivity contribution in [3.63, 3.8) is 0 Å². The molecular formula is C16H12FN3O2S. The first-order valence-corrected chi connectivity index (χ1v) is 8.03. The van der Waals surface area contributed by atoms with Gasteiger partial charge in [-0.05, 0) is 24.3 Å². The maximum Gasteiger partial charge on any atom is 0.256 e. The van der Waals surface area contributed by atoms with Crippen molar-refractivity contribution in [2.45, 2.75) is 5.16 Å². The van der Waals surface area contributed by atoms with Gasteiger partial charge in [0.15, 0.2) is 5.16 Å². The first-order chi connectivity index (χ1) is 11.2. The number of hydrogen-bond donors (Lipinski definition) is 3. The summed E-state index contributed by atoms with van der Waals surface area (Å²) in [6.07, 6.45) is 1.57. The van der Waals surface area contributed by atoms with Gasteiger partial charge in [0.05, 0.1) is 23.0 Å². The number of hydrogen-bond acceptors (Lipinski definition) is 4. The van der Waals surface area contributed by atoms with Crippen molar-refractivity contribution in [1.82, 2.24) is 15.0 Å². The Bertz CT molecular complexity index is 1100. The molecule has 0 aliphatic heterocycles. The number of imidazole rings is 1. The molecule has 7 heteroatoms. The van der Waals surface area contributed by atoms with E-state index in [1.165, 1.54) is 23.9 Å². The number of H-pyrrole nitrogens is 2. The highest BCUT2D eigenvalue weighted by Crippen LogP contribution is 2.33. The fourth-order valence-electron chi connectivity index (χ4n) is 2.84. The fraction of sp³-hybridized carbons (Fsp3) is 0.125. The molecule has 0 radical (unpaired) electrons. The minimum absolute atomic E-state index is 0.0497. The molecule has 0 aliphatic rings. The van der Waals surface area contributed by atoms with Crippen molar-refractivity contribution in [1.29, 1.82) is 0 Å². The van der Waals surface area contributed by atoms with Gasteiger partial charge in [-0.1, -0.05) is 11.8 Å². The SMILES string of the molecule is O=c1[nH]ccc2c3[nH]c(SCCO)nc3c3ccc(F)cc3c12. The molecule has 2 aromatic heterocycles. The number of aromatic amines is 2. The molecule has 2 heterocycles. The topological polar surface area (TPSA) is 81.8 Å². The first-order valence-electron chi connectivity index (χ1n) is 7.05. The summed E-state index contributed by atoms with van der Waals surface area (Å²) < 4.78 is 13.7. The van der Waals surface area contributed by atoms with Crippen LogP contribution >= 0.6 is 11.8 Å². The zero-order chi connectivity index (χ0) is 16.0. The average Bonchev–Trinajstić information content (AvgIpc) is 2.97. The van der Waals surface area contributed by atoms with E-state index in [-0.39, 0.29) is 12.2 Å². The Morgan fingerprint density at radius 2 is 2.09 bits per heavy atom. The number of halogens is 1. The Hall–Kier alpha value is -2.38. The van der Waals surface area contributed by atoms with E-state index in [1.807, 2.05) is 0 Å². The summed E-state index contributed by atoms with van der Waals surface area (Å²) >= 11 is 1.39. The molecule has 0 bridgehead atoms. The van der Waals surface area contributed by atoms with Gasteiger partial charge >= 0.3 is 0 Å². The molecule has 0 saturated carbocycles. The Balaban J connectivity index is 2.20. The highest BCUT2D eigenvalue weighted by Gasteiger charge is 2.15. The second kappa shape index (κ2) is 5.36. The van der Waals surface area contributed by atoms with Crippen LogP contribution < -0.4 is 5.56 Å². The van der Waals surface area contributed by atoms with Crippen molar-refractivity contribution in [3.8, 4) is 0 Å². The van der Waals surface area contributed by atoms with Gasteiger partial charge in [-0.15, -0.1) is 0 Å². The number of aliphatic hydroxyl groups excluding tert-OH is 1. The van der Waals surface area contributed by atoms with E-state index < -0.39 is 5.82 Å². The van der Waals surface area contributed by atoms with E-state index in [2.05, 4.69) is 15.0 Å². The van der Waals surface area contributed by atoms with Crippen LogP contribution in [0, 0.1) is 5.82 Å². The number of thioether (sulfide) groups is 1. The second-order valence-corrected chi connectivity index (χ2v) is 6.21. The van der Waals surface area contributed by atoms with E-state index in [4.69, 9.17) is 5.11 Å². The summed E-state index contributed by atoms with van der Waals surface area (Å²) in [5.41, 5.74) is 1.17. The van der Waals surface area contributed by atoms with Crippen LogP contribution in [0.2, 0.25) is 0 Å². The number of aromatic nitrogens is 3. The third kappa shape index (κ3) is 2.20. The molecule has 0 amide bonds. The maximum atomic E-state index is 13.7. The summed E-state index contributed by atoms with van der Waals surface area (Å²) in [5, 5.41) is 12.0. The second-order valence-electron chi connectivity index (χ2n) is 5.12. The first kappa shape index (κ1) is 14.2. The van der Waals surface area contributed by atoms with Crippen molar-refractivity contribution in [3.05, 3.63) is 46.6 Å².